The van der Waals surface area contributed by atoms with Crippen LogP contribution in [0, 0.1) is 0 Å². The Balaban J connectivity index is -0.000000195. The van der Waals surface area contributed by atoms with Crippen molar-refractivity contribution in [3.8, 4) is 0 Å². The molecule has 1 aromatic carbocycles. The summed E-state index contributed by atoms with van der Waals surface area (Å²) in [5.41, 5.74) is 3.39. The lowest BCUT2D eigenvalue weighted by atomic mass is 10.2. The van der Waals surface area contributed by atoms with Gasteiger partial charge in [0, 0.05) is 25.8 Å². The fraction of sp³-hybridized carbons (Fsp3) is 0.469. The lowest BCUT2D eigenvalue weighted by Crippen LogP contribution is -2.27. The van der Waals surface area contributed by atoms with Gasteiger partial charge in [-0.15, -0.1) is 6.58 Å². The Morgan fingerprint density at radius 3 is 2.03 bits per heavy atom. The average Bonchev–Trinajstić information content (AvgIpc) is 2.90. The van der Waals surface area contributed by atoms with E-state index in [0.717, 1.165) is 37.3 Å². The number of carbonyl (C=O) groups is 1. The minimum Gasteiger partial charge on any atom is -0.466 e. The lowest BCUT2D eigenvalue weighted by molar-refractivity contribution is -0.142. The molecule has 0 bridgehead atoms. The Kier molecular flexibility index (Phi) is 38.4. The van der Waals surface area contributed by atoms with E-state index >= 15 is 0 Å². The molecule has 206 valence electrons. The Morgan fingerprint density at radius 1 is 1.08 bits per heavy atom. The smallest absolute Gasteiger partial charge is 0.310 e. The molecule has 0 atom stereocenters. The topological polar surface area (TPSA) is 41.6 Å². The van der Waals surface area contributed by atoms with E-state index in [9.17, 15) is 4.79 Å². The molecule has 0 saturated heterocycles. The maximum atomic E-state index is 11.0. The van der Waals surface area contributed by atoms with Gasteiger partial charge >= 0.3 is 5.97 Å². The molecule has 1 aromatic rings. The zero-order valence-electron chi connectivity index (χ0n) is 24.9. The lowest BCUT2D eigenvalue weighted by Gasteiger charge is -2.18. The van der Waals surface area contributed by atoms with Crippen molar-refractivity contribution in [2.75, 3.05) is 33.3 Å². The first-order valence-electron chi connectivity index (χ1n) is 13.0. The van der Waals surface area contributed by atoms with Gasteiger partial charge in [0.05, 0.1) is 13.0 Å². The summed E-state index contributed by atoms with van der Waals surface area (Å²) in [4.78, 5) is 13.1. The first kappa shape index (κ1) is 40.3. The monoisotopic (exact) mass is 500 g/mol. The molecular formula is C32H56N2O2. The van der Waals surface area contributed by atoms with E-state index in [2.05, 4.69) is 63.8 Å². The van der Waals surface area contributed by atoms with Gasteiger partial charge in [-0.05, 0) is 46.2 Å². The summed E-state index contributed by atoms with van der Waals surface area (Å²) in [6, 6.07) is 9.58. The van der Waals surface area contributed by atoms with Gasteiger partial charge in [0.2, 0.25) is 0 Å². The summed E-state index contributed by atoms with van der Waals surface area (Å²) in [6.07, 6.45) is 11.1. The second-order valence-electron chi connectivity index (χ2n) is 7.30. The van der Waals surface area contributed by atoms with E-state index in [-0.39, 0.29) is 5.97 Å². The van der Waals surface area contributed by atoms with E-state index in [0.29, 0.717) is 13.0 Å². The number of esters is 1. The van der Waals surface area contributed by atoms with Crippen molar-refractivity contribution < 1.29 is 9.53 Å². The van der Waals surface area contributed by atoms with E-state index < -0.39 is 0 Å². The molecule has 4 nitrogen and oxygen atoms in total. The fourth-order valence-corrected chi connectivity index (χ4v) is 1.90. The minimum atomic E-state index is -0.163. The Labute approximate surface area is 224 Å². The van der Waals surface area contributed by atoms with Gasteiger partial charge in [-0.2, -0.15) is 0 Å². The van der Waals surface area contributed by atoms with Crippen molar-refractivity contribution in [3.05, 3.63) is 97.3 Å². The maximum absolute atomic E-state index is 11.0. The molecule has 0 amide bonds. The van der Waals surface area contributed by atoms with Crippen LogP contribution in [0.3, 0.4) is 0 Å². The summed E-state index contributed by atoms with van der Waals surface area (Å²) in [6.45, 7) is 30.5. The second kappa shape index (κ2) is 34.3. The number of benzene rings is 1. The number of nitrogens with one attached hydrogen (secondary N) is 1. The zero-order chi connectivity index (χ0) is 28.6. The first-order valence-corrected chi connectivity index (χ1v) is 13.0. The number of allylic oxidation sites excluding steroid dienone is 7. The third-order valence-corrected chi connectivity index (χ3v) is 4.26. The highest BCUT2D eigenvalue weighted by Crippen LogP contribution is 2.00. The minimum absolute atomic E-state index is 0.163. The Bertz CT molecular complexity index is 691. The van der Waals surface area contributed by atoms with Gasteiger partial charge < -0.3 is 15.0 Å². The van der Waals surface area contributed by atoms with Crippen LogP contribution in [-0.2, 0) is 16.0 Å². The molecular weight excluding hydrogens is 444 g/mol. The van der Waals surface area contributed by atoms with Gasteiger partial charge in [-0.3, -0.25) is 4.79 Å². The molecule has 0 fully saturated rings. The van der Waals surface area contributed by atoms with E-state index in [1.54, 1.807) is 6.08 Å². The molecule has 0 saturated carbocycles. The number of hydrogen-bond acceptors (Lipinski definition) is 4. The molecule has 0 aliphatic rings. The number of hydrogen-bond donors (Lipinski definition) is 1. The molecule has 0 spiro atoms. The molecule has 4 heteroatoms. The van der Waals surface area contributed by atoms with E-state index in [1.165, 1.54) is 5.57 Å². The quantitative estimate of drug-likeness (QED) is 0.144. The van der Waals surface area contributed by atoms with E-state index in [4.69, 9.17) is 4.74 Å². The Morgan fingerprint density at radius 2 is 1.64 bits per heavy atom. The van der Waals surface area contributed by atoms with Crippen molar-refractivity contribution in [1.29, 1.82) is 0 Å². The highest BCUT2D eigenvalue weighted by Gasteiger charge is 2.01. The molecule has 0 aromatic heterocycles. The molecule has 0 aliphatic heterocycles. The summed E-state index contributed by atoms with van der Waals surface area (Å²) in [5, 5.41) is 3.25. The number of rotatable bonds is 11. The van der Waals surface area contributed by atoms with Crippen LogP contribution < -0.4 is 5.32 Å². The third kappa shape index (κ3) is 35.7. The first-order chi connectivity index (χ1) is 17.2. The SMILES string of the molecule is C=C(C)N(C)CCNCC.C=C/C=C\C(C)=C/C.C=CCC.CC.CCOC(=O)Cc1ccccc1. The molecule has 1 rings (SSSR count). The van der Waals surface area contributed by atoms with E-state index in [1.807, 2.05) is 83.2 Å². The molecule has 0 unspecified atom stereocenters. The molecule has 36 heavy (non-hydrogen) atoms. The number of likely N-dealkylation sites (N-methyl/N-ethyl adjacent to an activating group) is 2. The van der Waals surface area contributed by atoms with Gasteiger partial charge in [-0.25, -0.2) is 0 Å². The normalized spacial score (nSPS) is 9.42. The predicted octanol–water partition coefficient (Wildman–Crippen LogP) is 8.16. The van der Waals surface area contributed by atoms with Crippen LogP contribution in [0.15, 0.2) is 91.7 Å². The van der Waals surface area contributed by atoms with Gasteiger partial charge in [0.15, 0.2) is 0 Å². The average molecular weight is 501 g/mol. The molecule has 0 heterocycles. The van der Waals surface area contributed by atoms with Crippen molar-refractivity contribution >= 4 is 5.97 Å². The van der Waals surface area contributed by atoms with Crippen LogP contribution >= 0.6 is 0 Å². The third-order valence-electron chi connectivity index (χ3n) is 4.26. The van der Waals surface area contributed by atoms with Crippen molar-refractivity contribution in [1.82, 2.24) is 10.2 Å². The summed E-state index contributed by atoms with van der Waals surface area (Å²) >= 11 is 0. The molecule has 0 aliphatic carbocycles. The number of carbonyl (C=O) groups excluding carboxylic acids is 1. The number of nitrogens with zero attached hydrogens (tertiary/aromatic N) is 1. The maximum Gasteiger partial charge on any atom is 0.310 e. The van der Waals surface area contributed by atoms with Crippen molar-refractivity contribution in [2.45, 2.75) is 68.2 Å². The van der Waals surface area contributed by atoms with Crippen LogP contribution in [0.4, 0.5) is 0 Å². The van der Waals surface area contributed by atoms with Crippen LogP contribution in [0.1, 0.15) is 67.4 Å². The van der Waals surface area contributed by atoms with Crippen molar-refractivity contribution in [2.24, 2.45) is 0 Å². The summed E-state index contributed by atoms with van der Waals surface area (Å²) < 4.78 is 4.81. The standard InChI is InChI=1S/C10H12O2.C8H18N2.C8H12.C4H8.C2H6/c1-2-12-10(11)8-9-6-4-3-5-7-9;1-5-9-6-7-10(4)8(2)3;1-4-6-7-8(3)5-2;1-3-4-2;1-2/h3-7H,2,8H2,1H3;9H,2,5-7H2,1,3-4H3;4-7H,1H2,2-3H3;3H,1,4H2,2H3;1-2H3/b;;7-6-,8-5-;;. The Hall–Kier alpha value is -2.85. The van der Waals surface area contributed by atoms with Crippen LogP contribution in [0.5, 0.6) is 0 Å². The van der Waals surface area contributed by atoms with Crippen LogP contribution in [0.2, 0.25) is 0 Å². The zero-order valence-corrected chi connectivity index (χ0v) is 24.9. The summed E-state index contributed by atoms with van der Waals surface area (Å²) in [7, 11) is 2.06. The van der Waals surface area contributed by atoms with Gasteiger partial charge in [0.25, 0.3) is 0 Å². The highest BCUT2D eigenvalue weighted by atomic mass is 16.5. The molecule has 0 radical (unpaired) electrons. The fourth-order valence-electron chi connectivity index (χ4n) is 1.90. The predicted molar refractivity (Wildman–Crippen MR) is 163 cm³/mol. The largest absolute Gasteiger partial charge is 0.466 e. The van der Waals surface area contributed by atoms with Gasteiger partial charge in [-0.1, -0.05) is 107 Å². The van der Waals surface area contributed by atoms with Gasteiger partial charge in [0.1, 0.15) is 0 Å². The van der Waals surface area contributed by atoms with Crippen molar-refractivity contribution in [3.63, 3.8) is 0 Å². The van der Waals surface area contributed by atoms with Crippen LogP contribution in [0.25, 0.3) is 0 Å². The molecule has 1 N–H and O–H groups in total. The number of ether oxygens (including phenoxy) is 1. The summed E-state index contributed by atoms with van der Waals surface area (Å²) in [5.74, 6) is -0.163. The highest BCUT2D eigenvalue weighted by molar-refractivity contribution is 5.72. The van der Waals surface area contributed by atoms with Crippen LogP contribution in [-0.4, -0.2) is 44.2 Å². The second-order valence-corrected chi connectivity index (χ2v) is 7.30.